The highest BCUT2D eigenvalue weighted by molar-refractivity contribution is 7.89. The van der Waals surface area contributed by atoms with Crippen molar-refractivity contribution in [2.45, 2.75) is 24.3 Å². The molecule has 0 bridgehead atoms. The van der Waals surface area contributed by atoms with E-state index in [9.17, 15) is 12.8 Å². The lowest BCUT2D eigenvalue weighted by molar-refractivity contribution is 0.218. The minimum atomic E-state index is -3.67. The van der Waals surface area contributed by atoms with Crippen LogP contribution in [0.4, 0.5) is 4.39 Å². The molecule has 2 heterocycles. The van der Waals surface area contributed by atoms with E-state index >= 15 is 0 Å². The van der Waals surface area contributed by atoms with Gasteiger partial charge in [-0.25, -0.2) is 12.8 Å². The molecule has 0 amide bonds. The lowest BCUT2D eigenvalue weighted by Gasteiger charge is -2.18. The second kappa shape index (κ2) is 6.90. The summed E-state index contributed by atoms with van der Waals surface area (Å²) in [6.45, 7) is 2.17. The molecule has 1 fully saturated rings. The van der Waals surface area contributed by atoms with Crippen LogP contribution in [0, 0.1) is 12.7 Å². The molecule has 3 aromatic rings. The second-order valence-corrected chi connectivity index (χ2v) is 8.57. The van der Waals surface area contributed by atoms with E-state index < -0.39 is 15.8 Å². The molecule has 0 spiro atoms. The van der Waals surface area contributed by atoms with Crippen molar-refractivity contribution < 1.29 is 17.5 Å². The molecule has 1 atom stereocenters. The van der Waals surface area contributed by atoms with Crippen LogP contribution in [0.2, 0.25) is 0 Å². The van der Waals surface area contributed by atoms with E-state index in [2.05, 4.69) is 4.98 Å². The maximum Gasteiger partial charge on any atom is 0.243 e. The van der Waals surface area contributed by atoms with Gasteiger partial charge in [-0.15, -0.1) is 0 Å². The zero-order chi connectivity index (χ0) is 19.0. The third-order valence-electron chi connectivity index (χ3n) is 4.76. The lowest BCUT2D eigenvalue weighted by atomic mass is 10.2. The first kappa shape index (κ1) is 17.9. The van der Waals surface area contributed by atoms with E-state index in [4.69, 9.17) is 4.74 Å². The van der Waals surface area contributed by atoms with Gasteiger partial charge < -0.3 is 4.74 Å². The number of aryl methyl sites for hydroxylation is 1. The minimum absolute atomic E-state index is 0.105. The summed E-state index contributed by atoms with van der Waals surface area (Å²) in [6, 6.07) is 13.4. The van der Waals surface area contributed by atoms with Crippen LogP contribution >= 0.6 is 0 Å². The maximum absolute atomic E-state index is 13.5. The van der Waals surface area contributed by atoms with Crippen molar-refractivity contribution in [3.63, 3.8) is 0 Å². The molecule has 140 valence electrons. The summed E-state index contributed by atoms with van der Waals surface area (Å²) in [6.07, 6.45) is 2.04. The Bertz CT molecular complexity index is 1100. The Morgan fingerprint density at radius 3 is 2.81 bits per heavy atom. The van der Waals surface area contributed by atoms with Crippen LogP contribution < -0.4 is 4.74 Å². The van der Waals surface area contributed by atoms with Crippen LogP contribution in [-0.4, -0.2) is 36.9 Å². The largest absolute Gasteiger partial charge is 0.487 e. The number of halogens is 1. The average molecular weight is 386 g/mol. The van der Waals surface area contributed by atoms with Gasteiger partial charge in [-0.05, 0) is 49.2 Å². The molecular formula is C20H19FN2O3S. The molecule has 2 aromatic carbocycles. The molecule has 4 rings (SSSR count). The molecule has 0 N–H and O–H groups in total. The number of fused-ring (bicyclic) bond motifs is 1. The predicted octanol–water partition coefficient (Wildman–Crippen LogP) is 3.52. The number of hydrogen-bond donors (Lipinski definition) is 0. The molecule has 0 saturated carbocycles. The Balaban J connectivity index is 1.53. The SMILES string of the molecule is Cc1cc(S(=O)(=O)N2CC[C@@H](Oc3cccc4cccnc34)C2)ccc1F. The van der Waals surface area contributed by atoms with Gasteiger partial charge in [-0.2, -0.15) is 4.31 Å². The van der Waals surface area contributed by atoms with Crippen molar-refractivity contribution >= 4 is 20.9 Å². The summed E-state index contributed by atoms with van der Waals surface area (Å²) in [5, 5.41) is 0.972. The van der Waals surface area contributed by atoms with Crippen LogP contribution in [0.25, 0.3) is 10.9 Å². The smallest absolute Gasteiger partial charge is 0.243 e. The van der Waals surface area contributed by atoms with Crippen molar-refractivity contribution in [3.8, 4) is 5.75 Å². The Kier molecular flexibility index (Phi) is 4.57. The fourth-order valence-corrected chi connectivity index (χ4v) is 4.86. The second-order valence-electron chi connectivity index (χ2n) is 6.63. The first-order valence-corrected chi connectivity index (χ1v) is 10.2. The van der Waals surface area contributed by atoms with Gasteiger partial charge in [-0.1, -0.05) is 18.2 Å². The van der Waals surface area contributed by atoms with E-state index in [1.165, 1.54) is 22.5 Å². The molecule has 1 aromatic heterocycles. The van der Waals surface area contributed by atoms with Crippen LogP contribution in [0.1, 0.15) is 12.0 Å². The van der Waals surface area contributed by atoms with E-state index in [1.807, 2.05) is 30.3 Å². The number of sulfonamides is 1. The van der Waals surface area contributed by atoms with Crippen molar-refractivity contribution in [1.82, 2.24) is 9.29 Å². The molecule has 5 nitrogen and oxygen atoms in total. The standard InChI is InChI=1S/C20H19FN2O3S/c1-14-12-17(7-8-18(14)21)27(24,25)23-11-9-16(13-23)26-19-6-2-4-15-5-3-10-22-20(15)19/h2-8,10,12,16H,9,11,13H2,1H3/t16-/m1/s1. The van der Waals surface area contributed by atoms with Gasteiger partial charge in [0.15, 0.2) is 0 Å². The van der Waals surface area contributed by atoms with Crippen LogP contribution in [-0.2, 0) is 10.0 Å². The number of nitrogens with zero attached hydrogens (tertiary/aromatic N) is 2. The molecule has 1 saturated heterocycles. The zero-order valence-electron chi connectivity index (χ0n) is 14.8. The summed E-state index contributed by atoms with van der Waals surface area (Å²) in [5.41, 5.74) is 1.07. The van der Waals surface area contributed by atoms with Crippen molar-refractivity contribution in [3.05, 3.63) is 66.1 Å². The number of para-hydroxylation sites is 1. The molecule has 7 heteroatoms. The molecule has 27 heavy (non-hydrogen) atoms. The average Bonchev–Trinajstić information content (AvgIpc) is 3.14. The number of ether oxygens (including phenoxy) is 1. The number of benzene rings is 2. The maximum atomic E-state index is 13.5. The summed E-state index contributed by atoms with van der Waals surface area (Å²) in [4.78, 5) is 4.47. The number of hydrogen-bond acceptors (Lipinski definition) is 4. The van der Waals surface area contributed by atoms with Gasteiger partial charge >= 0.3 is 0 Å². The molecular weight excluding hydrogens is 367 g/mol. The third-order valence-corrected chi connectivity index (χ3v) is 6.63. The Hall–Kier alpha value is -2.51. The van der Waals surface area contributed by atoms with Gasteiger partial charge in [0.1, 0.15) is 23.2 Å². The zero-order valence-corrected chi connectivity index (χ0v) is 15.6. The topological polar surface area (TPSA) is 59.5 Å². The van der Waals surface area contributed by atoms with Crippen LogP contribution in [0.3, 0.4) is 0 Å². The summed E-state index contributed by atoms with van der Waals surface area (Å²) in [7, 11) is -3.67. The Labute approximate surface area is 157 Å². The van der Waals surface area contributed by atoms with E-state index in [0.29, 0.717) is 24.3 Å². The molecule has 0 radical (unpaired) electrons. The third kappa shape index (κ3) is 3.40. The molecule has 1 aliphatic heterocycles. The van der Waals surface area contributed by atoms with Gasteiger partial charge in [0, 0.05) is 18.1 Å². The summed E-state index contributed by atoms with van der Waals surface area (Å²) >= 11 is 0. The highest BCUT2D eigenvalue weighted by Crippen LogP contribution is 2.28. The van der Waals surface area contributed by atoms with Crippen LogP contribution in [0.15, 0.2) is 59.6 Å². The van der Waals surface area contributed by atoms with Crippen molar-refractivity contribution in [2.75, 3.05) is 13.1 Å². The van der Waals surface area contributed by atoms with Gasteiger partial charge in [-0.3, -0.25) is 4.98 Å². The first-order chi connectivity index (χ1) is 12.9. The van der Waals surface area contributed by atoms with Crippen molar-refractivity contribution in [2.24, 2.45) is 0 Å². The van der Waals surface area contributed by atoms with E-state index in [-0.39, 0.29) is 17.5 Å². The number of aromatic nitrogens is 1. The molecule has 1 aliphatic rings. The van der Waals surface area contributed by atoms with Crippen molar-refractivity contribution in [1.29, 1.82) is 0 Å². The molecule has 0 unspecified atom stereocenters. The van der Waals surface area contributed by atoms with Gasteiger partial charge in [0.25, 0.3) is 0 Å². The minimum Gasteiger partial charge on any atom is -0.487 e. The van der Waals surface area contributed by atoms with E-state index in [1.54, 1.807) is 13.1 Å². The van der Waals surface area contributed by atoms with Gasteiger partial charge in [0.2, 0.25) is 10.0 Å². The highest BCUT2D eigenvalue weighted by Gasteiger charge is 2.34. The fraction of sp³-hybridized carbons (Fsp3) is 0.250. The van der Waals surface area contributed by atoms with Gasteiger partial charge in [0.05, 0.1) is 11.4 Å². The number of rotatable bonds is 4. The molecule has 0 aliphatic carbocycles. The number of pyridine rings is 1. The summed E-state index contributed by atoms with van der Waals surface area (Å²) in [5.74, 6) is 0.231. The van der Waals surface area contributed by atoms with E-state index in [0.717, 1.165) is 10.9 Å². The quantitative estimate of drug-likeness (QED) is 0.688. The Morgan fingerprint density at radius 1 is 1.19 bits per heavy atom. The Morgan fingerprint density at radius 2 is 2.00 bits per heavy atom. The van der Waals surface area contributed by atoms with Crippen LogP contribution in [0.5, 0.6) is 5.75 Å². The predicted molar refractivity (Wildman–Crippen MR) is 101 cm³/mol. The monoisotopic (exact) mass is 386 g/mol. The summed E-state index contributed by atoms with van der Waals surface area (Å²) < 4.78 is 46.6. The highest BCUT2D eigenvalue weighted by atomic mass is 32.2. The fourth-order valence-electron chi connectivity index (χ4n) is 3.29. The first-order valence-electron chi connectivity index (χ1n) is 8.72. The normalized spacial score (nSPS) is 18.1. The lowest BCUT2D eigenvalue weighted by Crippen LogP contribution is -2.31.